The smallest absolute Gasteiger partial charge is 0.381 e. The number of aromatic amines is 2. The van der Waals surface area contributed by atoms with E-state index in [9.17, 15) is 18.0 Å². The van der Waals surface area contributed by atoms with Crippen LogP contribution in [0.4, 0.5) is 13.2 Å². The monoisotopic (exact) mass is 451 g/mol. The molecule has 5 nitrogen and oxygen atoms in total. The van der Waals surface area contributed by atoms with E-state index in [2.05, 4.69) is 27.1 Å². The molecular formula is C25H20F3N3O2. The highest BCUT2D eigenvalue weighted by Gasteiger charge is 2.56. The van der Waals surface area contributed by atoms with Crippen LogP contribution in [0.3, 0.4) is 0 Å². The summed E-state index contributed by atoms with van der Waals surface area (Å²) >= 11 is 0. The van der Waals surface area contributed by atoms with Crippen LogP contribution in [0.25, 0.3) is 22.6 Å². The van der Waals surface area contributed by atoms with Crippen molar-refractivity contribution in [1.82, 2.24) is 15.0 Å². The minimum Gasteiger partial charge on any atom is -0.381 e. The first-order chi connectivity index (χ1) is 15.8. The molecule has 2 unspecified atom stereocenters. The van der Waals surface area contributed by atoms with Gasteiger partial charge in [-0.1, -0.05) is 24.3 Å². The summed E-state index contributed by atoms with van der Waals surface area (Å²) in [7, 11) is 0. The number of carbonyl (C=O) groups excluding carboxylic acids is 1. The molecule has 1 aliphatic carbocycles. The fourth-order valence-corrected chi connectivity index (χ4v) is 5.08. The van der Waals surface area contributed by atoms with Crippen molar-refractivity contribution in [3.63, 3.8) is 0 Å². The number of imidazole rings is 1. The van der Waals surface area contributed by atoms with E-state index >= 15 is 0 Å². The third-order valence-electron chi connectivity index (χ3n) is 6.98. The molecule has 0 bridgehead atoms. The Kier molecular flexibility index (Phi) is 4.32. The Morgan fingerprint density at radius 3 is 2.82 bits per heavy atom. The molecule has 0 amide bonds. The van der Waals surface area contributed by atoms with Crippen molar-refractivity contribution in [2.24, 2.45) is 5.92 Å². The number of carbonyl (C=O) groups is 1. The van der Waals surface area contributed by atoms with Gasteiger partial charge in [-0.3, -0.25) is 4.79 Å². The summed E-state index contributed by atoms with van der Waals surface area (Å²) in [5.74, 6) is 0.409. The second-order valence-electron chi connectivity index (χ2n) is 8.87. The molecule has 1 aliphatic heterocycles. The van der Waals surface area contributed by atoms with Crippen LogP contribution in [0.2, 0.25) is 0 Å². The van der Waals surface area contributed by atoms with Gasteiger partial charge in [-0.05, 0) is 48.6 Å². The lowest BCUT2D eigenvalue weighted by Gasteiger charge is -2.22. The zero-order chi connectivity index (χ0) is 22.8. The molecule has 168 valence electrons. The summed E-state index contributed by atoms with van der Waals surface area (Å²) in [6.07, 6.45) is -1.03. The number of hydrogen-bond donors (Lipinski definition) is 2. The normalized spacial score (nSPS) is 22.3. The van der Waals surface area contributed by atoms with Crippen LogP contribution in [0.5, 0.6) is 0 Å². The van der Waals surface area contributed by atoms with Crippen LogP contribution < -0.4 is 0 Å². The van der Waals surface area contributed by atoms with Gasteiger partial charge in [0.2, 0.25) is 0 Å². The quantitative estimate of drug-likeness (QED) is 0.404. The maximum Gasteiger partial charge on any atom is 0.417 e. The molecule has 2 fully saturated rings. The molecule has 8 heteroatoms. The zero-order valence-electron chi connectivity index (χ0n) is 17.5. The van der Waals surface area contributed by atoms with Gasteiger partial charge in [-0.25, -0.2) is 4.98 Å². The predicted octanol–water partition coefficient (Wildman–Crippen LogP) is 5.49. The van der Waals surface area contributed by atoms with E-state index < -0.39 is 17.5 Å². The van der Waals surface area contributed by atoms with E-state index in [-0.39, 0.29) is 16.5 Å². The number of halogens is 3. The maximum absolute atomic E-state index is 13.3. The van der Waals surface area contributed by atoms with Crippen molar-refractivity contribution in [2.75, 3.05) is 13.2 Å². The van der Waals surface area contributed by atoms with Gasteiger partial charge in [-0.2, -0.15) is 13.2 Å². The van der Waals surface area contributed by atoms with Crippen LogP contribution in [0, 0.1) is 5.92 Å². The van der Waals surface area contributed by atoms with Crippen molar-refractivity contribution in [2.45, 2.75) is 24.4 Å². The third-order valence-corrected chi connectivity index (χ3v) is 6.98. The Morgan fingerprint density at radius 2 is 2.00 bits per heavy atom. The van der Waals surface area contributed by atoms with Crippen molar-refractivity contribution < 1.29 is 22.7 Å². The largest absolute Gasteiger partial charge is 0.417 e. The molecule has 1 saturated carbocycles. The molecule has 1 saturated heterocycles. The van der Waals surface area contributed by atoms with Gasteiger partial charge in [0.1, 0.15) is 0 Å². The van der Waals surface area contributed by atoms with Gasteiger partial charge in [0.15, 0.2) is 11.6 Å². The van der Waals surface area contributed by atoms with Gasteiger partial charge >= 0.3 is 6.18 Å². The summed E-state index contributed by atoms with van der Waals surface area (Å²) in [6, 6.07) is 12.6. The molecule has 2 aromatic carbocycles. The summed E-state index contributed by atoms with van der Waals surface area (Å²) < 4.78 is 45.6. The van der Waals surface area contributed by atoms with Crippen LogP contribution in [0.15, 0.2) is 54.7 Å². The van der Waals surface area contributed by atoms with Crippen LogP contribution in [-0.4, -0.2) is 33.9 Å². The molecule has 6 rings (SSSR count). The molecule has 0 radical (unpaired) electrons. The van der Waals surface area contributed by atoms with Crippen molar-refractivity contribution in [3.8, 4) is 11.5 Å². The van der Waals surface area contributed by atoms with Crippen molar-refractivity contribution in [1.29, 1.82) is 0 Å². The summed E-state index contributed by atoms with van der Waals surface area (Å²) in [5.41, 5.74) is 2.52. The molecular weight excluding hydrogens is 431 g/mol. The standard InChI is InChI=1S/C25H20F3N3O2/c26-25(27,28)18-4-2-1-3-17(18)22(32)14-9-21(29-12-14)23-30-19-6-5-15(10-20(19)31-23)24-7-8-33-13-16(24)11-24/h1-6,9-10,12,16,29H,7-8,11,13H2,(H,30,31). The number of alkyl halides is 3. The Hall–Kier alpha value is -3.39. The molecule has 33 heavy (non-hydrogen) atoms. The van der Waals surface area contributed by atoms with Gasteiger partial charge in [0.05, 0.1) is 28.9 Å². The molecule has 2 N–H and O–H groups in total. The maximum atomic E-state index is 13.3. The van der Waals surface area contributed by atoms with Gasteiger partial charge in [-0.15, -0.1) is 0 Å². The number of H-pyrrole nitrogens is 2. The van der Waals surface area contributed by atoms with Gasteiger partial charge < -0.3 is 14.7 Å². The number of hydrogen-bond acceptors (Lipinski definition) is 3. The molecule has 2 atom stereocenters. The summed E-state index contributed by atoms with van der Waals surface area (Å²) in [6.45, 7) is 1.59. The number of benzene rings is 2. The second kappa shape index (κ2) is 7.05. The molecule has 3 heterocycles. The number of fused-ring (bicyclic) bond motifs is 2. The zero-order valence-corrected chi connectivity index (χ0v) is 17.5. The van der Waals surface area contributed by atoms with Crippen molar-refractivity contribution in [3.05, 3.63) is 77.0 Å². The van der Waals surface area contributed by atoms with Gasteiger partial charge in [0.25, 0.3) is 0 Å². The van der Waals surface area contributed by atoms with Crippen LogP contribution in [0.1, 0.15) is 39.9 Å². The average molecular weight is 451 g/mol. The molecule has 2 aliphatic rings. The third kappa shape index (κ3) is 3.28. The lowest BCUT2D eigenvalue weighted by Crippen LogP contribution is -2.21. The fourth-order valence-electron chi connectivity index (χ4n) is 5.08. The number of aromatic nitrogens is 3. The first-order valence-electron chi connectivity index (χ1n) is 10.8. The van der Waals surface area contributed by atoms with E-state index in [1.54, 1.807) is 0 Å². The Morgan fingerprint density at radius 1 is 1.15 bits per heavy atom. The Labute approximate surface area is 187 Å². The van der Waals surface area contributed by atoms with Crippen LogP contribution in [-0.2, 0) is 16.3 Å². The predicted molar refractivity (Wildman–Crippen MR) is 116 cm³/mol. The molecule has 0 spiro atoms. The minimum atomic E-state index is -4.60. The molecule has 2 aromatic heterocycles. The number of ketones is 1. The SMILES string of the molecule is O=C(c1c[nH]c(-c2nc3ccc(C45CCOCC4C5)cc3[nH]2)c1)c1ccccc1C(F)(F)F. The van der Waals surface area contributed by atoms with Crippen molar-refractivity contribution >= 4 is 16.8 Å². The Bertz CT molecular complexity index is 1390. The highest BCUT2D eigenvalue weighted by atomic mass is 19.4. The fraction of sp³-hybridized carbons (Fsp3) is 0.280. The number of ether oxygens (including phenoxy) is 1. The van der Waals surface area contributed by atoms with E-state index in [4.69, 9.17) is 4.74 Å². The lowest BCUT2D eigenvalue weighted by molar-refractivity contribution is -0.137. The van der Waals surface area contributed by atoms with Gasteiger partial charge in [0, 0.05) is 29.3 Å². The summed E-state index contributed by atoms with van der Waals surface area (Å²) in [5, 5.41) is 0. The van der Waals surface area contributed by atoms with Crippen LogP contribution >= 0.6 is 0 Å². The second-order valence-corrected chi connectivity index (χ2v) is 8.87. The minimum absolute atomic E-state index is 0.143. The summed E-state index contributed by atoms with van der Waals surface area (Å²) in [4.78, 5) is 23.7. The van der Waals surface area contributed by atoms with E-state index in [0.717, 1.165) is 43.2 Å². The first kappa shape index (κ1) is 20.2. The highest BCUT2D eigenvalue weighted by Crippen LogP contribution is 2.58. The number of nitrogens with zero attached hydrogens (tertiary/aromatic N) is 1. The average Bonchev–Trinajstić information content (AvgIpc) is 3.14. The number of rotatable bonds is 4. The molecule has 4 aromatic rings. The van der Waals surface area contributed by atoms with E-state index in [1.807, 2.05) is 6.07 Å². The lowest BCUT2D eigenvalue weighted by atomic mass is 9.89. The first-order valence-corrected chi connectivity index (χ1v) is 10.8. The Balaban J connectivity index is 1.31. The van der Waals surface area contributed by atoms with E-state index in [1.165, 1.54) is 36.0 Å². The highest BCUT2D eigenvalue weighted by molar-refractivity contribution is 6.10. The number of nitrogens with one attached hydrogen (secondary N) is 2. The topological polar surface area (TPSA) is 70.8 Å². The van der Waals surface area contributed by atoms with E-state index in [0.29, 0.717) is 17.4 Å².